The molecule has 4 aromatic rings. The van der Waals surface area contributed by atoms with Crippen LogP contribution in [0.3, 0.4) is 0 Å². The molecule has 0 aliphatic rings. The normalized spacial score (nSPS) is 11.5. The van der Waals surface area contributed by atoms with Gasteiger partial charge in [0.2, 0.25) is 0 Å². The van der Waals surface area contributed by atoms with E-state index in [1.165, 1.54) is 28.7 Å². The quantitative estimate of drug-likeness (QED) is 0.246. The molecule has 3 aromatic carbocycles. The standard InChI is InChI=1S/C26H22N2O3S2/c1-18-12-14-19(15-13-18)22-17-32-26(27-22)28-23(29)16-31-25(30)24(20-8-4-2-5-9-20)33-21-10-6-3-7-11-21/h2-15,17,24H,16H2,1H3,(H,27,28,29). The van der Waals surface area contributed by atoms with Crippen molar-refractivity contribution in [3.05, 3.63) is 101 Å². The summed E-state index contributed by atoms with van der Waals surface area (Å²) in [6.07, 6.45) is 0. The number of hydrogen-bond acceptors (Lipinski definition) is 6. The van der Waals surface area contributed by atoms with Crippen LogP contribution in [0.1, 0.15) is 16.4 Å². The Balaban J connectivity index is 1.37. The number of carbonyl (C=O) groups is 2. The van der Waals surface area contributed by atoms with Crippen LogP contribution in [0.2, 0.25) is 0 Å². The number of ether oxygens (including phenoxy) is 1. The zero-order valence-corrected chi connectivity index (χ0v) is 19.6. The highest BCUT2D eigenvalue weighted by molar-refractivity contribution is 8.00. The van der Waals surface area contributed by atoms with Gasteiger partial charge in [0.05, 0.1) is 5.69 Å². The smallest absolute Gasteiger partial charge is 0.324 e. The van der Waals surface area contributed by atoms with Gasteiger partial charge in [-0.15, -0.1) is 23.1 Å². The van der Waals surface area contributed by atoms with E-state index in [1.54, 1.807) is 0 Å². The van der Waals surface area contributed by atoms with Gasteiger partial charge in [0.15, 0.2) is 11.7 Å². The van der Waals surface area contributed by atoms with Crippen LogP contribution >= 0.6 is 23.1 Å². The van der Waals surface area contributed by atoms with E-state index in [9.17, 15) is 9.59 Å². The number of aromatic nitrogens is 1. The van der Waals surface area contributed by atoms with Crippen molar-refractivity contribution in [1.29, 1.82) is 0 Å². The Morgan fingerprint density at radius 2 is 1.64 bits per heavy atom. The number of anilines is 1. The first-order valence-electron chi connectivity index (χ1n) is 10.3. The number of benzene rings is 3. The maximum atomic E-state index is 12.9. The summed E-state index contributed by atoms with van der Waals surface area (Å²) >= 11 is 2.72. The molecule has 0 radical (unpaired) electrons. The van der Waals surface area contributed by atoms with Crippen LogP contribution in [0, 0.1) is 6.92 Å². The van der Waals surface area contributed by atoms with Crippen LogP contribution in [0.5, 0.6) is 0 Å². The Morgan fingerprint density at radius 3 is 2.33 bits per heavy atom. The summed E-state index contributed by atoms with van der Waals surface area (Å²) in [5.74, 6) is -0.894. The number of carbonyl (C=O) groups excluding carboxylic acids is 2. The third-order valence-electron chi connectivity index (χ3n) is 4.76. The molecule has 0 aliphatic heterocycles. The van der Waals surface area contributed by atoms with Crippen molar-refractivity contribution in [2.75, 3.05) is 11.9 Å². The van der Waals surface area contributed by atoms with Crippen molar-refractivity contribution in [2.24, 2.45) is 0 Å². The molecule has 0 aliphatic carbocycles. The summed E-state index contributed by atoms with van der Waals surface area (Å²) in [4.78, 5) is 30.7. The van der Waals surface area contributed by atoms with Gasteiger partial charge in [-0.1, -0.05) is 78.4 Å². The summed E-state index contributed by atoms with van der Waals surface area (Å²) in [7, 11) is 0. The van der Waals surface area contributed by atoms with Gasteiger partial charge in [0, 0.05) is 15.8 Å². The van der Waals surface area contributed by atoms with Gasteiger partial charge in [-0.05, 0) is 24.6 Å². The van der Waals surface area contributed by atoms with Crippen LogP contribution < -0.4 is 5.32 Å². The van der Waals surface area contributed by atoms with Crippen molar-refractivity contribution in [3.63, 3.8) is 0 Å². The number of thioether (sulfide) groups is 1. The van der Waals surface area contributed by atoms with E-state index in [2.05, 4.69) is 10.3 Å². The fourth-order valence-electron chi connectivity index (χ4n) is 3.07. The monoisotopic (exact) mass is 474 g/mol. The highest BCUT2D eigenvalue weighted by atomic mass is 32.2. The number of amides is 1. The van der Waals surface area contributed by atoms with Crippen molar-refractivity contribution in [1.82, 2.24) is 4.98 Å². The lowest BCUT2D eigenvalue weighted by Gasteiger charge is -2.16. The van der Waals surface area contributed by atoms with Gasteiger partial charge in [-0.25, -0.2) is 4.98 Å². The van der Waals surface area contributed by atoms with Crippen LogP contribution in [-0.2, 0) is 14.3 Å². The van der Waals surface area contributed by atoms with Gasteiger partial charge in [-0.3, -0.25) is 14.9 Å². The van der Waals surface area contributed by atoms with Crippen LogP contribution in [0.4, 0.5) is 5.13 Å². The molecule has 33 heavy (non-hydrogen) atoms. The lowest BCUT2D eigenvalue weighted by molar-refractivity contribution is -0.146. The Bertz CT molecular complexity index is 1210. The topological polar surface area (TPSA) is 68.3 Å². The van der Waals surface area contributed by atoms with E-state index >= 15 is 0 Å². The van der Waals surface area contributed by atoms with E-state index in [0.29, 0.717) is 5.13 Å². The molecule has 0 bridgehead atoms. The molecule has 5 nitrogen and oxygen atoms in total. The number of esters is 1. The van der Waals surface area contributed by atoms with E-state index in [1.807, 2.05) is 97.2 Å². The van der Waals surface area contributed by atoms with Gasteiger partial charge in [-0.2, -0.15) is 0 Å². The largest absolute Gasteiger partial charge is 0.454 e. The Hall–Kier alpha value is -3.42. The first-order chi connectivity index (χ1) is 16.1. The third kappa shape index (κ3) is 6.31. The zero-order valence-electron chi connectivity index (χ0n) is 17.9. The Labute approximate surface area is 200 Å². The van der Waals surface area contributed by atoms with Crippen LogP contribution in [-0.4, -0.2) is 23.5 Å². The molecule has 1 amide bonds. The van der Waals surface area contributed by atoms with Crippen molar-refractivity contribution in [2.45, 2.75) is 17.1 Å². The fraction of sp³-hybridized carbons (Fsp3) is 0.115. The van der Waals surface area contributed by atoms with E-state index < -0.39 is 17.1 Å². The van der Waals surface area contributed by atoms with Gasteiger partial charge in [0.1, 0.15) is 5.25 Å². The van der Waals surface area contributed by atoms with Gasteiger partial charge in [0.25, 0.3) is 5.91 Å². The average molecular weight is 475 g/mol. The van der Waals surface area contributed by atoms with Crippen LogP contribution in [0.15, 0.2) is 95.2 Å². The molecule has 1 unspecified atom stereocenters. The summed E-state index contributed by atoms with van der Waals surface area (Å²) in [6.45, 7) is 1.65. The Morgan fingerprint density at radius 1 is 0.970 bits per heavy atom. The van der Waals surface area contributed by atoms with Crippen molar-refractivity contribution >= 4 is 40.1 Å². The molecule has 166 valence electrons. The predicted octanol–water partition coefficient (Wildman–Crippen LogP) is 6.13. The molecule has 1 atom stereocenters. The minimum atomic E-state index is -0.575. The molecule has 7 heteroatoms. The molecule has 0 fully saturated rings. The summed E-state index contributed by atoms with van der Waals surface area (Å²) in [6, 6.07) is 27.1. The van der Waals surface area contributed by atoms with Crippen molar-refractivity contribution in [3.8, 4) is 11.3 Å². The first-order valence-corrected chi connectivity index (χ1v) is 12.1. The molecule has 4 rings (SSSR count). The summed E-state index contributed by atoms with van der Waals surface area (Å²) in [5.41, 5.74) is 3.76. The lowest BCUT2D eigenvalue weighted by Crippen LogP contribution is -2.23. The van der Waals surface area contributed by atoms with Gasteiger partial charge < -0.3 is 4.74 Å². The molecule has 0 saturated carbocycles. The molecule has 1 N–H and O–H groups in total. The fourth-order valence-corrected chi connectivity index (χ4v) is 4.85. The second-order valence-electron chi connectivity index (χ2n) is 7.28. The minimum Gasteiger partial charge on any atom is -0.454 e. The van der Waals surface area contributed by atoms with Gasteiger partial charge >= 0.3 is 5.97 Å². The lowest BCUT2D eigenvalue weighted by atomic mass is 10.1. The highest BCUT2D eigenvalue weighted by Gasteiger charge is 2.24. The molecule has 1 aromatic heterocycles. The van der Waals surface area contributed by atoms with Crippen LogP contribution in [0.25, 0.3) is 11.3 Å². The van der Waals surface area contributed by atoms with E-state index in [-0.39, 0.29) is 6.61 Å². The molecule has 1 heterocycles. The second-order valence-corrected chi connectivity index (χ2v) is 9.32. The highest BCUT2D eigenvalue weighted by Crippen LogP contribution is 2.36. The second kappa shape index (κ2) is 10.9. The number of thiazole rings is 1. The molecule has 0 spiro atoms. The minimum absolute atomic E-state index is 0.378. The first kappa shape index (κ1) is 22.8. The molecule has 0 saturated heterocycles. The maximum absolute atomic E-state index is 12.9. The van der Waals surface area contributed by atoms with E-state index in [4.69, 9.17) is 4.74 Å². The number of rotatable bonds is 8. The van der Waals surface area contributed by atoms with Crippen molar-refractivity contribution < 1.29 is 14.3 Å². The molecular weight excluding hydrogens is 452 g/mol. The summed E-state index contributed by atoms with van der Waals surface area (Å²) in [5, 5.41) is 4.48. The zero-order chi connectivity index (χ0) is 23.0. The third-order valence-corrected chi connectivity index (χ3v) is 6.76. The molecular formula is C26H22N2O3S2. The average Bonchev–Trinajstić information content (AvgIpc) is 3.31. The number of nitrogens with one attached hydrogen (secondary N) is 1. The maximum Gasteiger partial charge on any atom is 0.324 e. The number of hydrogen-bond donors (Lipinski definition) is 1. The predicted molar refractivity (Wildman–Crippen MR) is 133 cm³/mol. The Kier molecular flexibility index (Phi) is 7.55. The SMILES string of the molecule is Cc1ccc(-c2csc(NC(=O)COC(=O)C(Sc3ccccc3)c3ccccc3)n2)cc1. The summed E-state index contributed by atoms with van der Waals surface area (Å²) < 4.78 is 5.37. The number of aryl methyl sites for hydroxylation is 1. The van der Waals surface area contributed by atoms with E-state index in [0.717, 1.165) is 21.7 Å². The number of nitrogens with zero attached hydrogens (tertiary/aromatic N) is 1.